The van der Waals surface area contributed by atoms with Crippen LogP contribution >= 0.6 is 0 Å². The summed E-state index contributed by atoms with van der Waals surface area (Å²) in [5, 5.41) is 3.08. The third-order valence-electron chi connectivity index (χ3n) is 4.70. The molecule has 3 rings (SSSR count). The number of hydrogen-bond donors (Lipinski definition) is 1. The van der Waals surface area contributed by atoms with Gasteiger partial charge in [-0.05, 0) is 31.5 Å². The van der Waals surface area contributed by atoms with Crippen molar-refractivity contribution in [2.75, 3.05) is 39.4 Å². The summed E-state index contributed by atoms with van der Waals surface area (Å²) >= 11 is 0. The summed E-state index contributed by atoms with van der Waals surface area (Å²) < 4.78 is 11.2. The number of benzene rings is 1. The third-order valence-corrected chi connectivity index (χ3v) is 4.70. The van der Waals surface area contributed by atoms with Crippen LogP contribution in [0.3, 0.4) is 0 Å². The van der Waals surface area contributed by atoms with Gasteiger partial charge in [-0.25, -0.2) is 4.79 Å². The van der Waals surface area contributed by atoms with Crippen LogP contribution in [0, 0.1) is 0 Å². The first-order valence-electron chi connectivity index (χ1n) is 8.59. The minimum atomic E-state index is -0.551. The van der Waals surface area contributed by atoms with Gasteiger partial charge in [-0.3, -0.25) is 4.79 Å². The van der Waals surface area contributed by atoms with E-state index in [4.69, 9.17) is 9.47 Å². The van der Waals surface area contributed by atoms with Gasteiger partial charge in [-0.1, -0.05) is 6.07 Å². The van der Waals surface area contributed by atoms with Crippen molar-refractivity contribution in [2.24, 2.45) is 0 Å². The molecule has 0 aromatic heterocycles. The van der Waals surface area contributed by atoms with E-state index >= 15 is 0 Å². The van der Waals surface area contributed by atoms with Gasteiger partial charge in [0.1, 0.15) is 13.2 Å². The van der Waals surface area contributed by atoms with E-state index in [1.165, 1.54) is 0 Å². The van der Waals surface area contributed by atoms with Gasteiger partial charge in [0.15, 0.2) is 11.5 Å². The summed E-state index contributed by atoms with van der Waals surface area (Å²) in [5.74, 6) is 1.50. The molecule has 2 heterocycles. The van der Waals surface area contributed by atoms with Crippen molar-refractivity contribution in [1.82, 2.24) is 15.1 Å². The zero-order chi connectivity index (χ0) is 18.0. The molecule has 2 aliphatic heterocycles. The van der Waals surface area contributed by atoms with E-state index in [0.29, 0.717) is 45.1 Å². The zero-order valence-corrected chi connectivity index (χ0v) is 15.0. The Morgan fingerprint density at radius 2 is 1.60 bits per heavy atom. The quantitative estimate of drug-likeness (QED) is 0.881. The molecule has 0 unspecified atom stereocenters. The summed E-state index contributed by atoms with van der Waals surface area (Å²) in [6.07, 6.45) is 0. The van der Waals surface area contributed by atoms with Crippen LogP contribution in [0.4, 0.5) is 4.79 Å². The summed E-state index contributed by atoms with van der Waals surface area (Å²) in [6, 6.07) is 5.62. The predicted octanol–water partition coefficient (Wildman–Crippen LogP) is 1.57. The zero-order valence-electron chi connectivity index (χ0n) is 15.0. The van der Waals surface area contributed by atoms with Gasteiger partial charge in [-0.2, -0.15) is 0 Å². The van der Waals surface area contributed by atoms with Crippen molar-refractivity contribution in [3.63, 3.8) is 0 Å². The van der Waals surface area contributed by atoms with Gasteiger partial charge in [0.25, 0.3) is 0 Å². The van der Waals surface area contributed by atoms with E-state index < -0.39 is 5.54 Å². The topological polar surface area (TPSA) is 71.1 Å². The lowest BCUT2D eigenvalue weighted by Gasteiger charge is -2.37. The lowest BCUT2D eigenvalue weighted by atomic mass is 9.94. The Kier molecular flexibility index (Phi) is 4.74. The van der Waals surface area contributed by atoms with Crippen molar-refractivity contribution < 1.29 is 19.1 Å². The molecule has 7 nitrogen and oxygen atoms in total. The highest BCUT2D eigenvalue weighted by molar-refractivity contribution is 5.77. The maximum atomic E-state index is 12.6. The SMILES string of the molecule is CC(=O)N1CCN(C(=O)NC(C)(C)c2ccc3c(c2)OCCO3)CC1. The molecular weight excluding hydrogens is 322 g/mol. The highest BCUT2D eigenvalue weighted by Gasteiger charge is 2.29. The number of carbonyl (C=O) groups excluding carboxylic acids is 2. The Morgan fingerprint density at radius 1 is 1.00 bits per heavy atom. The maximum absolute atomic E-state index is 12.6. The molecule has 2 aliphatic rings. The summed E-state index contributed by atoms with van der Waals surface area (Å²) in [5.41, 5.74) is 0.400. The molecule has 0 atom stereocenters. The largest absolute Gasteiger partial charge is 0.486 e. The van der Waals surface area contributed by atoms with Crippen LogP contribution in [0.2, 0.25) is 0 Å². The molecule has 1 fully saturated rings. The minimum absolute atomic E-state index is 0.0525. The Bertz CT molecular complexity index is 666. The number of carbonyl (C=O) groups is 2. The Balaban J connectivity index is 1.65. The fraction of sp³-hybridized carbons (Fsp3) is 0.556. The minimum Gasteiger partial charge on any atom is -0.486 e. The molecular formula is C18H25N3O4. The van der Waals surface area contributed by atoms with E-state index in [0.717, 1.165) is 11.3 Å². The molecule has 0 spiro atoms. The molecule has 1 N–H and O–H groups in total. The molecule has 1 aromatic rings. The molecule has 136 valence electrons. The fourth-order valence-electron chi connectivity index (χ4n) is 3.08. The fourth-order valence-corrected chi connectivity index (χ4v) is 3.08. The number of fused-ring (bicyclic) bond motifs is 1. The standard InChI is InChI=1S/C18H25N3O4/c1-13(22)20-6-8-21(9-7-20)17(23)19-18(2,3)14-4-5-15-16(12-14)25-11-10-24-15/h4-5,12H,6-11H2,1-3H3,(H,19,23). The third kappa shape index (κ3) is 3.81. The molecule has 0 radical (unpaired) electrons. The predicted molar refractivity (Wildman–Crippen MR) is 92.8 cm³/mol. The van der Waals surface area contributed by atoms with Crippen molar-refractivity contribution >= 4 is 11.9 Å². The highest BCUT2D eigenvalue weighted by atomic mass is 16.6. The number of ether oxygens (including phenoxy) is 2. The van der Waals surface area contributed by atoms with Gasteiger partial charge >= 0.3 is 6.03 Å². The van der Waals surface area contributed by atoms with E-state index in [-0.39, 0.29) is 11.9 Å². The van der Waals surface area contributed by atoms with Crippen LogP contribution in [-0.4, -0.2) is 61.1 Å². The van der Waals surface area contributed by atoms with Gasteiger partial charge in [-0.15, -0.1) is 0 Å². The number of nitrogens with zero attached hydrogens (tertiary/aromatic N) is 2. The van der Waals surface area contributed by atoms with Crippen LogP contribution < -0.4 is 14.8 Å². The molecule has 0 bridgehead atoms. The van der Waals surface area contributed by atoms with Crippen molar-refractivity contribution in [2.45, 2.75) is 26.3 Å². The van der Waals surface area contributed by atoms with Crippen LogP contribution in [0.5, 0.6) is 11.5 Å². The maximum Gasteiger partial charge on any atom is 0.318 e. The van der Waals surface area contributed by atoms with Gasteiger partial charge in [0, 0.05) is 33.1 Å². The van der Waals surface area contributed by atoms with Crippen LogP contribution in [0.1, 0.15) is 26.3 Å². The molecule has 0 aliphatic carbocycles. The van der Waals surface area contributed by atoms with Gasteiger partial charge < -0.3 is 24.6 Å². The Labute approximate surface area is 147 Å². The molecule has 0 saturated carbocycles. The molecule has 25 heavy (non-hydrogen) atoms. The van der Waals surface area contributed by atoms with Crippen molar-refractivity contribution in [1.29, 1.82) is 0 Å². The first-order valence-corrected chi connectivity index (χ1v) is 8.59. The number of nitrogens with one attached hydrogen (secondary N) is 1. The lowest BCUT2D eigenvalue weighted by Crippen LogP contribution is -2.55. The second-order valence-electron chi connectivity index (χ2n) is 6.91. The molecule has 1 saturated heterocycles. The van der Waals surface area contributed by atoms with Crippen LogP contribution in [0.25, 0.3) is 0 Å². The number of amides is 3. The van der Waals surface area contributed by atoms with Crippen molar-refractivity contribution in [3.05, 3.63) is 23.8 Å². The lowest BCUT2D eigenvalue weighted by molar-refractivity contribution is -0.130. The average Bonchev–Trinajstić information content (AvgIpc) is 2.61. The second kappa shape index (κ2) is 6.82. The summed E-state index contributed by atoms with van der Waals surface area (Å²) in [6.45, 7) is 8.80. The van der Waals surface area contributed by atoms with Gasteiger partial charge in [0.05, 0.1) is 5.54 Å². The summed E-state index contributed by atoms with van der Waals surface area (Å²) in [7, 11) is 0. The van der Waals surface area contributed by atoms with E-state index in [1.54, 1.807) is 16.7 Å². The first kappa shape index (κ1) is 17.4. The smallest absolute Gasteiger partial charge is 0.318 e. The first-order chi connectivity index (χ1) is 11.9. The van der Waals surface area contributed by atoms with Crippen LogP contribution in [0.15, 0.2) is 18.2 Å². The molecule has 3 amide bonds. The Hall–Kier alpha value is -2.44. The average molecular weight is 347 g/mol. The monoisotopic (exact) mass is 347 g/mol. The Morgan fingerprint density at radius 3 is 2.24 bits per heavy atom. The van der Waals surface area contributed by atoms with Crippen LogP contribution in [-0.2, 0) is 10.3 Å². The highest BCUT2D eigenvalue weighted by Crippen LogP contribution is 2.34. The van der Waals surface area contributed by atoms with Gasteiger partial charge in [0.2, 0.25) is 5.91 Å². The molecule has 7 heteroatoms. The number of rotatable bonds is 2. The van der Waals surface area contributed by atoms with E-state index in [9.17, 15) is 9.59 Å². The van der Waals surface area contributed by atoms with Crippen molar-refractivity contribution in [3.8, 4) is 11.5 Å². The van der Waals surface area contributed by atoms with E-state index in [2.05, 4.69) is 5.32 Å². The normalized spacial score (nSPS) is 17.2. The summed E-state index contributed by atoms with van der Waals surface area (Å²) in [4.78, 5) is 27.5. The molecule has 1 aromatic carbocycles. The second-order valence-corrected chi connectivity index (χ2v) is 6.91. The number of urea groups is 1. The van der Waals surface area contributed by atoms with E-state index in [1.807, 2.05) is 32.0 Å². The number of piperazine rings is 1. The number of hydrogen-bond acceptors (Lipinski definition) is 4.